The molecule has 26 nitrogen and oxygen atoms in total. The molecular weight excluding hydrogens is 977 g/mol. The maximum Gasteiger partial charge on any atom is 0.343 e. The van der Waals surface area contributed by atoms with Crippen LogP contribution in [0.2, 0.25) is 0 Å². The van der Waals surface area contributed by atoms with Crippen molar-refractivity contribution in [2.24, 2.45) is 11.5 Å². The molecule has 0 heterocycles. The Morgan fingerprint density at radius 2 is 0.851 bits per heavy atom. The third kappa shape index (κ3) is 20.6. The topological polar surface area (TPSA) is 421 Å². The summed E-state index contributed by atoms with van der Waals surface area (Å²) >= 11 is 0. The van der Waals surface area contributed by atoms with Gasteiger partial charge in [-0.1, -0.05) is 12.1 Å². The molecule has 0 bridgehead atoms. The molecule has 0 aliphatic heterocycles. The second-order valence-electron chi connectivity index (χ2n) is 15.6. The molecule has 0 radical (unpaired) electrons. The number of rotatable bonds is 31. The number of anilines is 2. The van der Waals surface area contributed by atoms with Crippen LogP contribution in [0.3, 0.4) is 0 Å². The Morgan fingerprint density at radius 1 is 0.500 bits per heavy atom. The Kier molecular flexibility index (Phi) is 22.6. The van der Waals surface area contributed by atoms with Crippen LogP contribution in [0.15, 0.2) is 84.9 Å². The molecule has 0 aromatic heterocycles. The SMILES string of the molecule is N=C(N)Nc1ccc(C(=O)Oc2ccc(CCC(=O)N[C@@H](CC(=O)O)C(=O)O)c(OCCOCCOCCOc3cc(OC(=O)c4ccc(NC(=N)N)cc4)ccc3CCC(=O)N[C@@H](CC(=O)O)C(=O)O)c2)cc1. The van der Waals surface area contributed by atoms with E-state index in [0.717, 1.165) is 0 Å². The lowest BCUT2D eigenvalue weighted by Gasteiger charge is -2.16. The summed E-state index contributed by atoms with van der Waals surface area (Å²) in [5.41, 5.74) is 12.9. The van der Waals surface area contributed by atoms with Crippen LogP contribution in [0.1, 0.15) is 57.5 Å². The average Bonchev–Trinajstić information content (AvgIpc) is 3.33. The zero-order valence-electron chi connectivity index (χ0n) is 39.4. The van der Waals surface area contributed by atoms with E-state index in [-0.39, 0.29) is 111 Å². The Labute approximate surface area is 421 Å². The summed E-state index contributed by atoms with van der Waals surface area (Å²) in [7, 11) is 0. The number of guanidine groups is 2. The minimum Gasteiger partial charge on any atom is -0.491 e. The molecule has 14 N–H and O–H groups in total. The molecule has 74 heavy (non-hydrogen) atoms. The maximum absolute atomic E-state index is 12.9. The zero-order chi connectivity index (χ0) is 54.2. The van der Waals surface area contributed by atoms with Crippen LogP contribution in [0.4, 0.5) is 11.4 Å². The van der Waals surface area contributed by atoms with Gasteiger partial charge in [-0.15, -0.1) is 0 Å². The van der Waals surface area contributed by atoms with Crippen molar-refractivity contribution in [1.82, 2.24) is 10.6 Å². The van der Waals surface area contributed by atoms with Crippen molar-refractivity contribution in [1.29, 1.82) is 10.8 Å². The first-order valence-corrected chi connectivity index (χ1v) is 22.3. The standard InChI is InChI=1S/C48H54N8O18/c49-47(50)53-31-9-1-29(2-10-31)45(67)73-33-13-5-27(7-15-39(57)55-35(43(63)64)25-41(59)60)37(23-33)71-21-19-69-17-18-70-20-22-72-38-24-34(74-46(68)30-3-11-32(12-4-30)54-48(51)52)14-6-28(38)8-16-40(58)56-36(44(65)66)26-42(61)62/h1-6,9-14,23-24,35-36H,7-8,15-22,25-26H2,(H,55,57)(H,56,58)(H,59,60)(H,61,62)(H,63,64)(H,65,66)(H4,49,50,53)(H4,51,52,54)/t35-,36-/m0/s1. The second kappa shape index (κ2) is 29.1. The lowest BCUT2D eigenvalue weighted by Crippen LogP contribution is -2.42. The molecule has 4 aromatic rings. The monoisotopic (exact) mass is 1030 g/mol. The number of carboxylic acid groups (broad SMARTS) is 4. The number of nitrogens with one attached hydrogen (secondary N) is 6. The second-order valence-corrected chi connectivity index (χ2v) is 15.6. The van der Waals surface area contributed by atoms with Crippen molar-refractivity contribution in [3.8, 4) is 23.0 Å². The van der Waals surface area contributed by atoms with E-state index in [9.17, 15) is 48.6 Å². The van der Waals surface area contributed by atoms with E-state index in [1.54, 1.807) is 0 Å². The predicted octanol–water partition coefficient (Wildman–Crippen LogP) is 2.18. The quantitative estimate of drug-likeness (QED) is 0.0113. The summed E-state index contributed by atoms with van der Waals surface area (Å²) in [4.78, 5) is 96.2. The van der Waals surface area contributed by atoms with Gasteiger partial charge in [-0.25, -0.2) is 19.2 Å². The summed E-state index contributed by atoms with van der Waals surface area (Å²) < 4.78 is 34.3. The molecule has 0 fully saturated rings. The molecule has 4 aromatic carbocycles. The van der Waals surface area contributed by atoms with Gasteiger partial charge in [0.05, 0.1) is 50.4 Å². The van der Waals surface area contributed by atoms with Gasteiger partial charge in [0.15, 0.2) is 11.9 Å². The highest BCUT2D eigenvalue weighted by atomic mass is 16.6. The minimum atomic E-state index is -1.65. The Morgan fingerprint density at radius 3 is 1.18 bits per heavy atom. The number of carbonyl (C=O) groups is 8. The van der Waals surface area contributed by atoms with E-state index >= 15 is 0 Å². The number of hydrogen-bond acceptors (Lipinski definition) is 16. The van der Waals surface area contributed by atoms with Crippen LogP contribution >= 0.6 is 0 Å². The fourth-order valence-corrected chi connectivity index (χ4v) is 6.42. The zero-order valence-corrected chi connectivity index (χ0v) is 39.4. The van der Waals surface area contributed by atoms with Gasteiger partial charge >= 0.3 is 35.8 Å². The molecule has 0 unspecified atom stereocenters. The van der Waals surface area contributed by atoms with Gasteiger partial charge in [0.25, 0.3) is 0 Å². The first-order chi connectivity index (χ1) is 35.3. The molecule has 2 atom stereocenters. The van der Waals surface area contributed by atoms with Gasteiger partial charge in [0, 0.05) is 36.3 Å². The Bertz CT molecular complexity index is 2480. The number of carboxylic acids is 4. The minimum absolute atomic E-state index is 0.0147. The average molecular weight is 1030 g/mol. The Hall–Kier alpha value is -9.30. The third-order valence-corrected chi connectivity index (χ3v) is 9.91. The fraction of sp³-hybridized carbons (Fsp3) is 0.292. The number of ether oxygens (including phenoxy) is 6. The Balaban J connectivity index is 1.33. The smallest absolute Gasteiger partial charge is 0.343 e. The first-order valence-electron chi connectivity index (χ1n) is 22.3. The van der Waals surface area contributed by atoms with Gasteiger partial charge in [0.1, 0.15) is 48.3 Å². The molecule has 26 heteroatoms. The molecule has 0 aliphatic rings. The molecule has 0 aliphatic carbocycles. The largest absolute Gasteiger partial charge is 0.491 e. The van der Waals surface area contributed by atoms with Crippen LogP contribution in [0.5, 0.6) is 23.0 Å². The van der Waals surface area contributed by atoms with Crippen LogP contribution < -0.4 is 51.7 Å². The van der Waals surface area contributed by atoms with E-state index in [1.807, 2.05) is 0 Å². The third-order valence-electron chi connectivity index (χ3n) is 9.91. The number of carbonyl (C=O) groups excluding carboxylic acids is 4. The van der Waals surface area contributed by atoms with Gasteiger partial charge in [-0.3, -0.25) is 30.0 Å². The number of amides is 2. The van der Waals surface area contributed by atoms with Crippen molar-refractivity contribution in [3.63, 3.8) is 0 Å². The van der Waals surface area contributed by atoms with Gasteiger partial charge in [0.2, 0.25) is 11.8 Å². The summed E-state index contributed by atoms with van der Waals surface area (Å²) in [5.74, 6) is -8.83. The highest BCUT2D eigenvalue weighted by molar-refractivity contribution is 5.95. The van der Waals surface area contributed by atoms with Crippen molar-refractivity contribution in [3.05, 3.63) is 107 Å². The summed E-state index contributed by atoms with van der Waals surface area (Å²) in [5, 5.41) is 60.9. The highest BCUT2D eigenvalue weighted by Crippen LogP contribution is 2.29. The van der Waals surface area contributed by atoms with Crippen molar-refractivity contribution >= 4 is 70.9 Å². The number of benzene rings is 4. The molecule has 0 spiro atoms. The van der Waals surface area contributed by atoms with Crippen molar-refractivity contribution < 1.29 is 87.2 Å². The molecule has 2 amide bonds. The maximum atomic E-state index is 12.9. The van der Waals surface area contributed by atoms with Crippen LogP contribution in [-0.4, -0.2) is 132 Å². The molecule has 0 saturated heterocycles. The summed E-state index contributed by atoms with van der Waals surface area (Å²) in [6.07, 6.45) is -2.13. The van der Waals surface area contributed by atoms with Crippen LogP contribution in [0, 0.1) is 10.8 Å². The number of esters is 2. The first kappa shape index (κ1) is 57.3. The van der Waals surface area contributed by atoms with Gasteiger partial charge in [-0.05, 0) is 84.6 Å². The molecule has 4 rings (SSSR count). The van der Waals surface area contributed by atoms with Crippen LogP contribution in [0.25, 0.3) is 0 Å². The van der Waals surface area contributed by atoms with E-state index in [2.05, 4.69) is 21.3 Å². The van der Waals surface area contributed by atoms with Crippen LogP contribution in [-0.2, 0) is 51.1 Å². The normalized spacial score (nSPS) is 11.4. The molecular formula is C48H54N8O18. The van der Waals surface area contributed by atoms with Gasteiger partial charge < -0.3 is 81.6 Å². The van der Waals surface area contributed by atoms with Crippen molar-refractivity contribution in [2.75, 3.05) is 50.3 Å². The lowest BCUT2D eigenvalue weighted by atomic mass is 10.1. The highest BCUT2D eigenvalue weighted by Gasteiger charge is 2.25. The lowest BCUT2D eigenvalue weighted by molar-refractivity contribution is -0.147. The van der Waals surface area contributed by atoms with E-state index < -0.39 is 72.6 Å². The fourth-order valence-electron chi connectivity index (χ4n) is 6.42. The van der Waals surface area contributed by atoms with Crippen molar-refractivity contribution in [2.45, 2.75) is 50.6 Å². The summed E-state index contributed by atoms with van der Waals surface area (Å²) in [6, 6.07) is 17.4. The number of hydrogen-bond donors (Lipinski definition) is 12. The van der Waals surface area contributed by atoms with E-state index in [1.165, 1.54) is 84.9 Å². The number of aryl methyl sites for hydroxylation is 2. The van der Waals surface area contributed by atoms with E-state index in [0.29, 0.717) is 22.5 Å². The summed E-state index contributed by atoms with van der Waals surface area (Å²) in [6.45, 7) is 0.172. The molecule has 0 saturated carbocycles. The number of aliphatic carboxylic acids is 4. The predicted molar refractivity (Wildman–Crippen MR) is 260 cm³/mol. The number of nitrogens with two attached hydrogens (primary N) is 2. The van der Waals surface area contributed by atoms with E-state index in [4.69, 9.17) is 60.9 Å². The molecule has 394 valence electrons. The van der Waals surface area contributed by atoms with Gasteiger partial charge in [-0.2, -0.15) is 0 Å².